The SMILES string of the molecule is CC(C)NC(=O)c1cccc(C(=O)NCCc2ccccc2F)n1. The van der Waals surface area contributed by atoms with Crippen LogP contribution in [0.5, 0.6) is 0 Å². The smallest absolute Gasteiger partial charge is 0.270 e. The first kappa shape index (κ1) is 17.6. The summed E-state index contributed by atoms with van der Waals surface area (Å²) in [5.41, 5.74) is 0.876. The predicted octanol–water partition coefficient (Wildman–Crippen LogP) is 2.33. The molecule has 6 heteroatoms. The van der Waals surface area contributed by atoms with Gasteiger partial charge in [-0.3, -0.25) is 9.59 Å². The Bertz CT molecular complexity index is 732. The first-order chi connectivity index (χ1) is 11.5. The molecule has 2 aromatic rings. The van der Waals surface area contributed by atoms with Crippen molar-refractivity contribution in [3.05, 3.63) is 65.2 Å². The molecular weight excluding hydrogens is 309 g/mol. The second kappa shape index (κ2) is 8.19. The maximum atomic E-state index is 13.5. The lowest BCUT2D eigenvalue weighted by molar-refractivity contribution is 0.0936. The molecule has 0 bridgehead atoms. The van der Waals surface area contributed by atoms with Gasteiger partial charge in [0.25, 0.3) is 11.8 Å². The van der Waals surface area contributed by atoms with Crippen molar-refractivity contribution in [3.8, 4) is 0 Å². The molecule has 0 unspecified atom stereocenters. The molecule has 0 saturated carbocycles. The van der Waals surface area contributed by atoms with Crippen LogP contribution in [0.4, 0.5) is 4.39 Å². The van der Waals surface area contributed by atoms with Gasteiger partial charge in [-0.05, 0) is 44.0 Å². The number of pyridine rings is 1. The van der Waals surface area contributed by atoms with Crippen LogP contribution in [0.25, 0.3) is 0 Å². The van der Waals surface area contributed by atoms with Gasteiger partial charge in [-0.2, -0.15) is 0 Å². The van der Waals surface area contributed by atoms with E-state index in [0.29, 0.717) is 12.0 Å². The summed E-state index contributed by atoms with van der Waals surface area (Å²) >= 11 is 0. The number of nitrogens with zero attached hydrogens (tertiary/aromatic N) is 1. The molecular formula is C18H20FN3O2. The van der Waals surface area contributed by atoms with Crippen LogP contribution in [0.2, 0.25) is 0 Å². The molecule has 24 heavy (non-hydrogen) atoms. The molecule has 2 N–H and O–H groups in total. The molecule has 0 spiro atoms. The third-order valence-electron chi connectivity index (χ3n) is 3.27. The van der Waals surface area contributed by atoms with Gasteiger partial charge in [-0.15, -0.1) is 0 Å². The molecule has 0 atom stereocenters. The highest BCUT2D eigenvalue weighted by molar-refractivity contribution is 5.96. The fourth-order valence-electron chi connectivity index (χ4n) is 2.13. The summed E-state index contributed by atoms with van der Waals surface area (Å²) < 4.78 is 13.5. The Hall–Kier alpha value is -2.76. The Morgan fingerprint density at radius 3 is 2.38 bits per heavy atom. The quantitative estimate of drug-likeness (QED) is 0.854. The Kier molecular flexibility index (Phi) is 6.01. The van der Waals surface area contributed by atoms with Gasteiger partial charge in [0, 0.05) is 12.6 Å². The first-order valence-corrected chi connectivity index (χ1v) is 7.77. The molecule has 0 radical (unpaired) electrons. The van der Waals surface area contributed by atoms with Crippen LogP contribution in [-0.4, -0.2) is 29.4 Å². The monoisotopic (exact) mass is 329 g/mol. The van der Waals surface area contributed by atoms with Crippen LogP contribution in [0.15, 0.2) is 42.5 Å². The molecule has 0 fully saturated rings. The number of nitrogens with one attached hydrogen (secondary N) is 2. The van der Waals surface area contributed by atoms with Gasteiger partial charge in [0.1, 0.15) is 17.2 Å². The highest BCUT2D eigenvalue weighted by atomic mass is 19.1. The van der Waals surface area contributed by atoms with Gasteiger partial charge in [0.05, 0.1) is 0 Å². The first-order valence-electron chi connectivity index (χ1n) is 7.77. The second-order valence-electron chi connectivity index (χ2n) is 5.63. The summed E-state index contributed by atoms with van der Waals surface area (Å²) in [5.74, 6) is -1.02. The number of amides is 2. The van der Waals surface area contributed by atoms with Crippen LogP contribution >= 0.6 is 0 Å². The molecule has 1 aromatic carbocycles. The molecule has 0 aliphatic heterocycles. The van der Waals surface area contributed by atoms with Crippen molar-refractivity contribution < 1.29 is 14.0 Å². The van der Waals surface area contributed by atoms with E-state index in [1.807, 2.05) is 13.8 Å². The molecule has 5 nitrogen and oxygen atoms in total. The van der Waals surface area contributed by atoms with Crippen molar-refractivity contribution in [3.63, 3.8) is 0 Å². The number of benzene rings is 1. The van der Waals surface area contributed by atoms with Gasteiger partial charge in [-0.25, -0.2) is 9.37 Å². The normalized spacial score (nSPS) is 10.5. The standard InChI is InChI=1S/C18H20FN3O2/c1-12(2)21-18(24)16-9-5-8-15(22-16)17(23)20-11-10-13-6-3-4-7-14(13)19/h3-9,12H,10-11H2,1-2H3,(H,20,23)(H,21,24). The molecule has 1 heterocycles. The maximum absolute atomic E-state index is 13.5. The van der Waals surface area contributed by atoms with Crippen LogP contribution in [-0.2, 0) is 6.42 Å². The summed E-state index contributed by atoms with van der Waals surface area (Å²) in [6, 6.07) is 11.1. The number of carbonyl (C=O) groups excluding carboxylic acids is 2. The molecule has 2 amide bonds. The predicted molar refractivity (Wildman–Crippen MR) is 89.3 cm³/mol. The zero-order chi connectivity index (χ0) is 17.5. The Labute approximate surface area is 140 Å². The van der Waals surface area contributed by atoms with Crippen molar-refractivity contribution in [1.82, 2.24) is 15.6 Å². The Morgan fingerprint density at radius 1 is 1.04 bits per heavy atom. The van der Waals surface area contributed by atoms with Gasteiger partial charge in [0.2, 0.25) is 0 Å². The lowest BCUT2D eigenvalue weighted by Crippen LogP contribution is -2.32. The van der Waals surface area contributed by atoms with Crippen molar-refractivity contribution in [1.29, 1.82) is 0 Å². The van der Waals surface area contributed by atoms with Crippen LogP contribution in [0.1, 0.15) is 40.4 Å². The van der Waals surface area contributed by atoms with E-state index in [0.717, 1.165) is 0 Å². The molecule has 2 rings (SSSR count). The highest BCUT2D eigenvalue weighted by Crippen LogP contribution is 2.06. The van der Waals surface area contributed by atoms with Crippen molar-refractivity contribution >= 4 is 11.8 Å². The number of halogens is 1. The Balaban J connectivity index is 1.95. The average Bonchev–Trinajstić information content (AvgIpc) is 2.56. The third kappa shape index (κ3) is 4.87. The van der Waals surface area contributed by atoms with Crippen LogP contribution in [0.3, 0.4) is 0 Å². The number of hydrogen-bond acceptors (Lipinski definition) is 3. The van der Waals surface area contributed by atoms with E-state index < -0.39 is 5.91 Å². The van der Waals surface area contributed by atoms with E-state index in [4.69, 9.17) is 0 Å². The number of rotatable bonds is 6. The molecule has 0 saturated heterocycles. The summed E-state index contributed by atoms with van der Waals surface area (Å²) in [4.78, 5) is 28.1. The lowest BCUT2D eigenvalue weighted by Gasteiger charge is -2.09. The molecule has 1 aromatic heterocycles. The van der Waals surface area contributed by atoms with Gasteiger partial charge in [0.15, 0.2) is 0 Å². The fraction of sp³-hybridized carbons (Fsp3) is 0.278. The van der Waals surface area contributed by atoms with Crippen molar-refractivity contribution in [2.75, 3.05) is 6.54 Å². The summed E-state index contributed by atoms with van der Waals surface area (Å²) in [6.45, 7) is 3.97. The summed E-state index contributed by atoms with van der Waals surface area (Å²) in [5, 5.41) is 5.40. The van der Waals surface area contributed by atoms with Gasteiger partial charge < -0.3 is 10.6 Å². The molecule has 0 aliphatic rings. The molecule has 0 aliphatic carbocycles. The number of aromatic nitrogens is 1. The Morgan fingerprint density at radius 2 is 1.71 bits per heavy atom. The summed E-state index contributed by atoms with van der Waals surface area (Å²) in [6.07, 6.45) is 0.381. The zero-order valence-electron chi connectivity index (χ0n) is 13.7. The lowest BCUT2D eigenvalue weighted by atomic mass is 10.1. The largest absolute Gasteiger partial charge is 0.350 e. The van der Waals surface area contributed by atoms with Gasteiger partial charge in [-0.1, -0.05) is 24.3 Å². The van der Waals surface area contributed by atoms with Crippen molar-refractivity contribution in [2.45, 2.75) is 26.3 Å². The minimum Gasteiger partial charge on any atom is -0.350 e. The minimum atomic E-state index is -0.398. The van der Waals surface area contributed by atoms with E-state index >= 15 is 0 Å². The van der Waals surface area contributed by atoms with Crippen LogP contribution < -0.4 is 10.6 Å². The molecule has 126 valence electrons. The average molecular weight is 329 g/mol. The van der Waals surface area contributed by atoms with E-state index in [9.17, 15) is 14.0 Å². The minimum absolute atomic E-state index is 0.0162. The maximum Gasteiger partial charge on any atom is 0.270 e. The van der Waals surface area contributed by atoms with E-state index in [2.05, 4.69) is 15.6 Å². The van der Waals surface area contributed by atoms with E-state index in [-0.39, 0.29) is 35.7 Å². The van der Waals surface area contributed by atoms with Gasteiger partial charge >= 0.3 is 0 Å². The third-order valence-corrected chi connectivity index (χ3v) is 3.27. The number of hydrogen-bond donors (Lipinski definition) is 2. The van der Waals surface area contributed by atoms with Crippen molar-refractivity contribution in [2.24, 2.45) is 0 Å². The van der Waals surface area contributed by atoms with Crippen LogP contribution in [0, 0.1) is 5.82 Å². The second-order valence-corrected chi connectivity index (χ2v) is 5.63. The van der Waals surface area contributed by atoms with E-state index in [1.165, 1.54) is 12.1 Å². The summed E-state index contributed by atoms with van der Waals surface area (Å²) in [7, 11) is 0. The topological polar surface area (TPSA) is 71.1 Å². The zero-order valence-corrected chi connectivity index (χ0v) is 13.7. The fourth-order valence-corrected chi connectivity index (χ4v) is 2.13. The highest BCUT2D eigenvalue weighted by Gasteiger charge is 2.13. The van der Waals surface area contributed by atoms with E-state index in [1.54, 1.807) is 30.3 Å². The number of carbonyl (C=O) groups is 2.